The van der Waals surface area contributed by atoms with Gasteiger partial charge in [-0.3, -0.25) is 4.68 Å². The van der Waals surface area contributed by atoms with Gasteiger partial charge in [-0.15, -0.1) is 0 Å². The van der Waals surface area contributed by atoms with Crippen molar-refractivity contribution in [1.82, 2.24) is 14.1 Å². The molecule has 0 bridgehead atoms. The largest absolute Gasteiger partial charge is 0.272 e. The molecule has 1 fully saturated rings. The molecule has 122 valence electrons. The SMILES string of the molecule is O=S(=O)(C=Cc1ccccc1)N1CCC(Cn2cccn2)CC1. The molecule has 0 unspecified atom stereocenters. The molecule has 1 saturated heterocycles. The summed E-state index contributed by atoms with van der Waals surface area (Å²) in [5.74, 6) is 0.486. The molecule has 1 aliphatic rings. The Hall–Kier alpha value is -1.92. The first-order valence-corrected chi connectivity index (χ1v) is 9.34. The molecule has 0 aliphatic carbocycles. The van der Waals surface area contributed by atoms with Crippen molar-refractivity contribution < 1.29 is 8.42 Å². The molecular formula is C17H21N3O2S. The third-order valence-electron chi connectivity index (χ3n) is 4.17. The lowest BCUT2D eigenvalue weighted by atomic mass is 9.98. The molecule has 2 aromatic rings. The molecule has 5 nitrogen and oxygen atoms in total. The lowest BCUT2D eigenvalue weighted by Crippen LogP contribution is -2.38. The second-order valence-electron chi connectivity index (χ2n) is 5.83. The van der Waals surface area contributed by atoms with Crippen molar-refractivity contribution in [3.8, 4) is 0 Å². The van der Waals surface area contributed by atoms with Gasteiger partial charge in [-0.25, -0.2) is 8.42 Å². The molecule has 23 heavy (non-hydrogen) atoms. The molecule has 3 rings (SSSR count). The number of hydrogen-bond acceptors (Lipinski definition) is 3. The van der Waals surface area contributed by atoms with Crippen LogP contribution >= 0.6 is 0 Å². The number of benzene rings is 1. The Bertz CT molecular complexity index is 731. The van der Waals surface area contributed by atoms with Gasteiger partial charge in [0.15, 0.2) is 0 Å². The second-order valence-corrected chi connectivity index (χ2v) is 7.65. The van der Waals surface area contributed by atoms with Crippen molar-refractivity contribution in [1.29, 1.82) is 0 Å². The zero-order chi connectivity index (χ0) is 16.1. The van der Waals surface area contributed by atoms with Crippen LogP contribution in [0.2, 0.25) is 0 Å². The first-order valence-electron chi connectivity index (χ1n) is 7.84. The fraction of sp³-hybridized carbons (Fsp3) is 0.353. The maximum atomic E-state index is 12.4. The predicted octanol–water partition coefficient (Wildman–Crippen LogP) is 2.60. The summed E-state index contributed by atoms with van der Waals surface area (Å²) < 4.78 is 28.3. The quantitative estimate of drug-likeness (QED) is 0.846. The maximum Gasteiger partial charge on any atom is 0.236 e. The van der Waals surface area contributed by atoms with Crippen LogP contribution in [0.4, 0.5) is 0 Å². The van der Waals surface area contributed by atoms with Crippen LogP contribution in [0.25, 0.3) is 6.08 Å². The van der Waals surface area contributed by atoms with Crippen molar-refractivity contribution in [3.63, 3.8) is 0 Å². The molecule has 0 atom stereocenters. The van der Waals surface area contributed by atoms with Gasteiger partial charge in [0.1, 0.15) is 0 Å². The summed E-state index contributed by atoms with van der Waals surface area (Å²) in [6, 6.07) is 11.4. The molecule has 1 aliphatic heterocycles. The standard InChI is InChI=1S/C17H21N3O2S/c21-23(22,14-9-16-5-2-1-3-6-16)20-12-7-17(8-13-20)15-19-11-4-10-18-19/h1-6,9-11,14,17H,7-8,12-13,15H2. The van der Waals surface area contributed by atoms with Crippen LogP contribution < -0.4 is 0 Å². The van der Waals surface area contributed by atoms with Gasteiger partial charge >= 0.3 is 0 Å². The minimum absolute atomic E-state index is 0.486. The van der Waals surface area contributed by atoms with E-state index in [1.54, 1.807) is 16.6 Å². The normalized spacial score (nSPS) is 17.7. The highest BCUT2D eigenvalue weighted by atomic mass is 32.2. The number of nitrogens with zero attached hydrogens (tertiary/aromatic N) is 3. The van der Waals surface area contributed by atoms with E-state index in [1.165, 1.54) is 5.41 Å². The summed E-state index contributed by atoms with van der Waals surface area (Å²) in [5.41, 5.74) is 0.893. The average Bonchev–Trinajstić information content (AvgIpc) is 3.08. The van der Waals surface area contributed by atoms with Gasteiger partial charge in [0, 0.05) is 37.4 Å². The van der Waals surface area contributed by atoms with E-state index in [-0.39, 0.29) is 0 Å². The predicted molar refractivity (Wildman–Crippen MR) is 90.9 cm³/mol. The number of rotatable bonds is 5. The number of piperidine rings is 1. The van der Waals surface area contributed by atoms with Gasteiger partial charge in [-0.1, -0.05) is 30.3 Å². The smallest absolute Gasteiger partial charge is 0.236 e. The molecule has 0 N–H and O–H groups in total. The van der Waals surface area contributed by atoms with Crippen LogP contribution in [-0.4, -0.2) is 35.6 Å². The minimum Gasteiger partial charge on any atom is -0.272 e. The fourth-order valence-corrected chi connectivity index (χ4v) is 4.06. The van der Waals surface area contributed by atoms with Crippen molar-refractivity contribution in [2.75, 3.05) is 13.1 Å². The molecule has 0 amide bonds. The Labute approximate surface area is 137 Å². The highest BCUT2D eigenvalue weighted by Crippen LogP contribution is 2.22. The van der Waals surface area contributed by atoms with Crippen molar-refractivity contribution in [3.05, 3.63) is 59.8 Å². The van der Waals surface area contributed by atoms with E-state index in [0.29, 0.717) is 19.0 Å². The Balaban J connectivity index is 1.57. The van der Waals surface area contributed by atoms with E-state index >= 15 is 0 Å². The Morgan fingerprint density at radius 3 is 2.52 bits per heavy atom. The van der Waals surface area contributed by atoms with Crippen LogP contribution in [0.3, 0.4) is 0 Å². The van der Waals surface area contributed by atoms with Crippen molar-refractivity contribution >= 4 is 16.1 Å². The van der Waals surface area contributed by atoms with Crippen LogP contribution in [0.15, 0.2) is 54.2 Å². The summed E-state index contributed by atoms with van der Waals surface area (Å²) in [6.07, 6.45) is 7.13. The first-order chi connectivity index (χ1) is 11.1. The number of sulfonamides is 1. The topological polar surface area (TPSA) is 55.2 Å². The minimum atomic E-state index is -3.34. The van der Waals surface area contributed by atoms with Gasteiger partial charge in [0.25, 0.3) is 0 Å². The molecule has 6 heteroatoms. The van der Waals surface area contributed by atoms with Crippen LogP contribution in [-0.2, 0) is 16.6 Å². The number of hydrogen-bond donors (Lipinski definition) is 0. The lowest BCUT2D eigenvalue weighted by Gasteiger charge is -2.30. The summed E-state index contributed by atoms with van der Waals surface area (Å²) in [5, 5.41) is 5.53. The zero-order valence-electron chi connectivity index (χ0n) is 13.0. The van der Waals surface area contributed by atoms with Crippen LogP contribution in [0, 0.1) is 5.92 Å². The molecular weight excluding hydrogens is 310 g/mol. The zero-order valence-corrected chi connectivity index (χ0v) is 13.8. The maximum absolute atomic E-state index is 12.4. The lowest BCUT2D eigenvalue weighted by molar-refractivity contribution is 0.249. The Morgan fingerprint density at radius 1 is 1.13 bits per heavy atom. The van der Waals surface area contributed by atoms with Gasteiger partial charge < -0.3 is 0 Å². The average molecular weight is 331 g/mol. The monoisotopic (exact) mass is 331 g/mol. The third kappa shape index (κ3) is 4.30. The van der Waals surface area contributed by atoms with E-state index in [0.717, 1.165) is 24.9 Å². The third-order valence-corrected chi connectivity index (χ3v) is 5.73. The highest BCUT2D eigenvalue weighted by molar-refractivity contribution is 7.92. The van der Waals surface area contributed by atoms with Gasteiger partial charge in [0.05, 0.1) is 0 Å². The molecule has 0 spiro atoms. The summed E-state index contributed by atoms with van der Waals surface area (Å²) in [6.45, 7) is 2.02. The molecule has 1 aromatic heterocycles. The summed E-state index contributed by atoms with van der Waals surface area (Å²) in [4.78, 5) is 0. The van der Waals surface area contributed by atoms with Gasteiger partial charge in [-0.05, 0) is 36.5 Å². The molecule has 0 radical (unpaired) electrons. The molecule has 1 aromatic carbocycles. The summed E-state index contributed by atoms with van der Waals surface area (Å²) >= 11 is 0. The van der Waals surface area contributed by atoms with E-state index in [9.17, 15) is 8.42 Å². The van der Waals surface area contributed by atoms with Crippen LogP contribution in [0.5, 0.6) is 0 Å². The van der Waals surface area contributed by atoms with Gasteiger partial charge in [-0.2, -0.15) is 9.40 Å². The van der Waals surface area contributed by atoms with E-state index in [1.807, 2.05) is 47.3 Å². The van der Waals surface area contributed by atoms with E-state index in [2.05, 4.69) is 5.10 Å². The van der Waals surface area contributed by atoms with Gasteiger partial charge in [0.2, 0.25) is 10.0 Å². The fourth-order valence-electron chi connectivity index (χ4n) is 2.83. The number of aromatic nitrogens is 2. The molecule has 2 heterocycles. The summed E-state index contributed by atoms with van der Waals surface area (Å²) in [7, 11) is -3.34. The van der Waals surface area contributed by atoms with E-state index in [4.69, 9.17) is 0 Å². The first kappa shape index (κ1) is 16.0. The Morgan fingerprint density at radius 2 is 1.87 bits per heavy atom. The highest BCUT2D eigenvalue weighted by Gasteiger charge is 2.26. The molecule has 0 saturated carbocycles. The van der Waals surface area contributed by atoms with E-state index < -0.39 is 10.0 Å². The van der Waals surface area contributed by atoms with Crippen molar-refractivity contribution in [2.45, 2.75) is 19.4 Å². The Kier molecular flexibility index (Phi) is 4.93. The van der Waals surface area contributed by atoms with Crippen molar-refractivity contribution in [2.24, 2.45) is 5.92 Å². The van der Waals surface area contributed by atoms with Crippen LogP contribution in [0.1, 0.15) is 18.4 Å². The second kappa shape index (κ2) is 7.10.